The van der Waals surface area contributed by atoms with E-state index in [1.807, 2.05) is 12.1 Å². The maximum atomic E-state index is 13.3. The van der Waals surface area contributed by atoms with Gasteiger partial charge in [0.05, 0.1) is 29.0 Å². The number of aryl methyl sites for hydroxylation is 1. The Balaban J connectivity index is 1.71. The zero-order valence-corrected chi connectivity index (χ0v) is 17.9. The average Bonchev–Trinajstić information content (AvgIpc) is 3.12. The number of cyclic esters (lactones) is 1. The number of Topliss-reactive ketones (excluding diaryl/α,β-unsaturated/α-hetero) is 1. The van der Waals surface area contributed by atoms with Crippen LogP contribution in [0.4, 0.5) is 5.69 Å². The highest BCUT2D eigenvalue weighted by Gasteiger charge is 2.45. The van der Waals surface area contributed by atoms with Gasteiger partial charge in [-0.05, 0) is 49.6 Å². The van der Waals surface area contributed by atoms with E-state index in [2.05, 4.69) is 0 Å². The molecule has 1 unspecified atom stereocenters. The van der Waals surface area contributed by atoms with E-state index in [0.717, 1.165) is 16.5 Å². The van der Waals surface area contributed by atoms with Gasteiger partial charge in [0.25, 0.3) is 5.56 Å². The second-order valence-corrected chi connectivity index (χ2v) is 8.50. The summed E-state index contributed by atoms with van der Waals surface area (Å²) < 4.78 is 6.71. The largest absolute Gasteiger partial charge is 0.458 e. The van der Waals surface area contributed by atoms with Crippen LogP contribution >= 0.6 is 0 Å². The molecule has 4 heterocycles. The average molecular weight is 433 g/mol. The van der Waals surface area contributed by atoms with Gasteiger partial charge in [-0.15, -0.1) is 0 Å². The lowest BCUT2D eigenvalue weighted by molar-refractivity contribution is -0.172. The Bertz CT molecular complexity index is 1390. The van der Waals surface area contributed by atoms with Crippen molar-refractivity contribution >= 4 is 28.3 Å². The van der Waals surface area contributed by atoms with E-state index in [1.165, 1.54) is 0 Å². The normalized spacial score (nSPS) is 18.8. The molecule has 0 bridgehead atoms. The molecule has 0 amide bonds. The molecule has 2 aliphatic rings. The van der Waals surface area contributed by atoms with Crippen molar-refractivity contribution in [3.8, 4) is 11.4 Å². The van der Waals surface area contributed by atoms with Crippen LogP contribution in [0, 0.1) is 0 Å². The van der Waals surface area contributed by atoms with Crippen molar-refractivity contribution in [2.75, 3.05) is 5.73 Å². The smallest absolute Gasteiger partial charge is 0.343 e. The number of ether oxygens (including phenoxy) is 1. The monoisotopic (exact) mass is 433 g/mol. The van der Waals surface area contributed by atoms with E-state index in [4.69, 9.17) is 15.5 Å². The minimum absolute atomic E-state index is 0.0836. The van der Waals surface area contributed by atoms with Gasteiger partial charge in [0, 0.05) is 28.6 Å². The molecule has 3 N–H and O–H groups in total. The summed E-state index contributed by atoms with van der Waals surface area (Å²) in [7, 11) is 0. The number of aliphatic hydroxyl groups is 1. The number of carbonyl (C=O) groups is 2. The molecular formula is C24H23N3O5. The highest BCUT2D eigenvalue weighted by molar-refractivity contribution is 5.91. The lowest BCUT2D eigenvalue weighted by atomic mass is 9.86. The van der Waals surface area contributed by atoms with Gasteiger partial charge in [-0.3, -0.25) is 4.79 Å². The Kier molecular flexibility index (Phi) is 4.46. The maximum absolute atomic E-state index is 13.3. The number of ketones is 1. The SMILES string of the molecule is CCC1(O)C(=O)OCc2c1cc1n(c2=O)Cc2cc3c(CCC(C)=O)c(N)ccc3nc2-1. The van der Waals surface area contributed by atoms with Crippen LogP contribution in [0.1, 0.15) is 48.9 Å². The molecule has 8 nitrogen and oxygen atoms in total. The van der Waals surface area contributed by atoms with E-state index in [9.17, 15) is 19.5 Å². The third kappa shape index (κ3) is 2.79. The lowest BCUT2D eigenvalue weighted by Gasteiger charge is -2.31. The van der Waals surface area contributed by atoms with Crippen LogP contribution in [0.2, 0.25) is 0 Å². The Morgan fingerprint density at radius 2 is 2.09 bits per heavy atom. The number of pyridine rings is 2. The summed E-state index contributed by atoms with van der Waals surface area (Å²) in [6, 6.07) is 7.26. The van der Waals surface area contributed by atoms with Crippen LogP contribution in [0.5, 0.6) is 0 Å². The van der Waals surface area contributed by atoms with E-state index in [-0.39, 0.29) is 24.4 Å². The van der Waals surface area contributed by atoms with Gasteiger partial charge in [0.2, 0.25) is 0 Å². The number of fused-ring (bicyclic) bond motifs is 5. The summed E-state index contributed by atoms with van der Waals surface area (Å²) in [5.74, 6) is -0.660. The summed E-state index contributed by atoms with van der Waals surface area (Å²) in [5, 5.41) is 11.8. The molecule has 2 aromatic heterocycles. The van der Waals surface area contributed by atoms with Gasteiger partial charge in [-0.25, -0.2) is 9.78 Å². The molecule has 8 heteroatoms. The molecule has 1 aromatic carbocycles. The first-order valence-electron chi connectivity index (χ1n) is 10.6. The number of nitrogens with zero attached hydrogens (tertiary/aromatic N) is 2. The molecule has 2 aliphatic heterocycles. The fourth-order valence-corrected chi connectivity index (χ4v) is 4.71. The number of hydrogen-bond donors (Lipinski definition) is 2. The van der Waals surface area contributed by atoms with Gasteiger partial charge in [-0.1, -0.05) is 6.92 Å². The lowest BCUT2D eigenvalue weighted by Crippen LogP contribution is -2.44. The third-order valence-electron chi connectivity index (χ3n) is 6.57. The van der Waals surface area contributed by atoms with Crippen LogP contribution in [0.3, 0.4) is 0 Å². The van der Waals surface area contributed by atoms with Gasteiger partial charge in [0.1, 0.15) is 12.4 Å². The summed E-state index contributed by atoms with van der Waals surface area (Å²) >= 11 is 0. The molecule has 0 aliphatic carbocycles. The molecule has 3 aromatic rings. The van der Waals surface area contributed by atoms with Crippen molar-refractivity contribution < 1.29 is 19.4 Å². The van der Waals surface area contributed by atoms with E-state index in [0.29, 0.717) is 53.1 Å². The summed E-state index contributed by atoms with van der Waals surface area (Å²) in [4.78, 5) is 41.9. The van der Waals surface area contributed by atoms with Gasteiger partial charge in [0.15, 0.2) is 5.60 Å². The fraction of sp³-hybridized carbons (Fsp3) is 0.333. The second kappa shape index (κ2) is 7.00. The number of benzene rings is 1. The van der Waals surface area contributed by atoms with Crippen molar-refractivity contribution in [3.63, 3.8) is 0 Å². The quantitative estimate of drug-likeness (QED) is 0.373. The highest BCUT2D eigenvalue weighted by atomic mass is 16.6. The minimum Gasteiger partial charge on any atom is -0.458 e. The third-order valence-corrected chi connectivity index (χ3v) is 6.57. The van der Waals surface area contributed by atoms with Crippen LogP contribution in [0.25, 0.3) is 22.3 Å². The van der Waals surface area contributed by atoms with Crippen LogP contribution < -0.4 is 11.3 Å². The number of nitrogens with two attached hydrogens (primary N) is 1. The maximum Gasteiger partial charge on any atom is 0.343 e. The molecule has 0 fully saturated rings. The molecular weight excluding hydrogens is 410 g/mol. The Morgan fingerprint density at radius 1 is 1.31 bits per heavy atom. The topological polar surface area (TPSA) is 125 Å². The molecule has 32 heavy (non-hydrogen) atoms. The Morgan fingerprint density at radius 3 is 2.81 bits per heavy atom. The molecule has 5 rings (SSSR count). The van der Waals surface area contributed by atoms with Crippen LogP contribution in [-0.2, 0) is 39.5 Å². The first-order valence-corrected chi connectivity index (χ1v) is 10.6. The minimum atomic E-state index is -1.85. The van der Waals surface area contributed by atoms with Crippen molar-refractivity contribution in [1.29, 1.82) is 0 Å². The molecule has 164 valence electrons. The number of anilines is 1. The van der Waals surface area contributed by atoms with Crippen LogP contribution in [0.15, 0.2) is 29.1 Å². The first-order chi connectivity index (χ1) is 15.2. The first kappa shape index (κ1) is 20.4. The molecule has 0 radical (unpaired) electrons. The summed E-state index contributed by atoms with van der Waals surface area (Å²) in [6.45, 7) is 3.38. The summed E-state index contributed by atoms with van der Waals surface area (Å²) in [5.41, 5.74) is 8.87. The Hall–Kier alpha value is -3.52. The van der Waals surface area contributed by atoms with E-state index >= 15 is 0 Å². The fourth-order valence-electron chi connectivity index (χ4n) is 4.71. The number of rotatable bonds is 4. The van der Waals surface area contributed by atoms with Crippen molar-refractivity contribution in [2.24, 2.45) is 0 Å². The number of hydrogen-bond acceptors (Lipinski definition) is 7. The van der Waals surface area contributed by atoms with Gasteiger partial charge >= 0.3 is 5.97 Å². The standard InChI is InChI=1S/C24H23N3O5/c1-3-24(31)17-9-20-21-13(10-27(20)22(29)16(17)11-32-23(24)30)8-15-14(5-4-12(2)28)18(25)6-7-19(15)26-21/h6-9,31H,3-5,10-11,25H2,1-2H3. The Labute approximate surface area is 183 Å². The van der Waals surface area contributed by atoms with E-state index < -0.39 is 11.6 Å². The zero-order valence-electron chi connectivity index (χ0n) is 17.9. The second-order valence-electron chi connectivity index (χ2n) is 8.50. The molecule has 0 spiro atoms. The van der Waals surface area contributed by atoms with Crippen LogP contribution in [-0.4, -0.2) is 26.4 Å². The summed E-state index contributed by atoms with van der Waals surface area (Å²) in [6.07, 6.45) is 0.998. The molecule has 1 atom stereocenters. The predicted molar refractivity (Wildman–Crippen MR) is 118 cm³/mol. The van der Waals surface area contributed by atoms with Crippen molar-refractivity contribution in [3.05, 3.63) is 56.9 Å². The van der Waals surface area contributed by atoms with Gasteiger partial charge < -0.3 is 24.9 Å². The number of nitrogen functional groups attached to an aromatic ring is 1. The van der Waals surface area contributed by atoms with Gasteiger partial charge in [-0.2, -0.15) is 0 Å². The highest BCUT2D eigenvalue weighted by Crippen LogP contribution is 2.39. The number of aromatic nitrogens is 2. The zero-order chi connectivity index (χ0) is 22.8. The number of carbonyl (C=O) groups excluding carboxylic acids is 2. The number of esters is 1. The van der Waals surface area contributed by atoms with Crippen molar-refractivity contribution in [2.45, 2.75) is 51.9 Å². The molecule has 0 saturated carbocycles. The predicted octanol–water partition coefficient (Wildman–Crippen LogP) is 2.18. The van der Waals surface area contributed by atoms with E-state index in [1.54, 1.807) is 30.5 Å². The van der Waals surface area contributed by atoms with Crippen molar-refractivity contribution in [1.82, 2.24) is 9.55 Å². The molecule has 0 saturated heterocycles.